The van der Waals surface area contributed by atoms with Crippen LogP contribution in [0.1, 0.15) is 11.1 Å². The van der Waals surface area contributed by atoms with Crippen molar-refractivity contribution in [3.8, 4) is 17.6 Å². The Balaban J connectivity index is 2.32. The first-order valence-electron chi connectivity index (χ1n) is 6.01. The number of nitrogen functional groups attached to an aromatic ring is 1. The molecule has 0 unspecified atom stereocenters. The number of allylic oxidation sites excluding steroid dienone is 1. The van der Waals surface area contributed by atoms with Crippen LogP contribution in [-0.2, 0) is 6.42 Å². The minimum absolute atomic E-state index is 0.366. The van der Waals surface area contributed by atoms with Gasteiger partial charge in [-0.2, -0.15) is 5.26 Å². The van der Waals surface area contributed by atoms with Crippen molar-refractivity contribution in [2.24, 2.45) is 0 Å². The van der Waals surface area contributed by atoms with E-state index in [-0.39, 0.29) is 0 Å². The second kappa shape index (κ2) is 6.14. The maximum absolute atomic E-state index is 8.84. The topological polar surface area (TPSA) is 59.0 Å². The molecule has 4 heteroatoms. The zero-order valence-electron chi connectivity index (χ0n) is 10.8. The zero-order chi connectivity index (χ0) is 14.5. The Morgan fingerprint density at radius 2 is 2.10 bits per heavy atom. The predicted octanol–water partition coefficient (Wildman–Crippen LogP) is 4.31. The monoisotopic (exact) mass is 284 g/mol. The largest absolute Gasteiger partial charge is 0.457 e. The van der Waals surface area contributed by atoms with Gasteiger partial charge in [0.15, 0.2) is 0 Å². The van der Waals surface area contributed by atoms with Gasteiger partial charge in [-0.3, -0.25) is 0 Å². The highest BCUT2D eigenvalue weighted by molar-refractivity contribution is 6.31. The molecule has 0 saturated carbocycles. The van der Waals surface area contributed by atoms with Gasteiger partial charge in [0, 0.05) is 17.3 Å². The number of benzene rings is 2. The summed E-state index contributed by atoms with van der Waals surface area (Å²) in [5, 5.41) is 9.21. The van der Waals surface area contributed by atoms with Crippen LogP contribution >= 0.6 is 11.6 Å². The van der Waals surface area contributed by atoms with E-state index in [0.717, 1.165) is 5.56 Å². The van der Waals surface area contributed by atoms with Crippen molar-refractivity contribution >= 4 is 17.3 Å². The van der Waals surface area contributed by atoms with Crippen molar-refractivity contribution in [2.75, 3.05) is 5.73 Å². The second-order valence-corrected chi connectivity index (χ2v) is 4.62. The van der Waals surface area contributed by atoms with Gasteiger partial charge >= 0.3 is 0 Å². The van der Waals surface area contributed by atoms with Crippen molar-refractivity contribution in [1.29, 1.82) is 5.26 Å². The molecule has 0 bridgehead atoms. The van der Waals surface area contributed by atoms with E-state index in [1.54, 1.807) is 36.4 Å². The van der Waals surface area contributed by atoms with E-state index in [2.05, 4.69) is 6.58 Å². The number of ether oxygens (including phenoxy) is 1. The van der Waals surface area contributed by atoms with Crippen LogP contribution in [0.25, 0.3) is 0 Å². The highest BCUT2D eigenvalue weighted by Crippen LogP contribution is 2.30. The smallest absolute Gasteiger partial charge is 0.131 e. The molecule has 0 heterocycles. The predicted molar refractivity (Wildman–Crippen MR) is 81.0 cm³/mol. The summed E-state index contributed by atoms with van der Waals surface area (Å²) in [5.41, 5.74) is 7.80. The van der Waals surface area contributed by atoms with E-state index in [9.17, 15) is 0 Å². The molecule has 100 valence electrons. The average molecular weight is 285 g/mol. The van der Waals surface area contributed by atoms with Crippen LogP contribution in [0.4, 0.5) is 5.69 Å². The third-order valence-corrected chi connectivity index (χ3v) is 3.05. The first-order valence-corrected chi connectivity index (χ1v) is 6.38. The summed E-state index contributed by atoms with van der Waals surface area (Å²) in [7, 11) is 0. The third kappa shape index (κ3) is 3.11. The number of halogens is 1. The minimum atomic E-state index is 0.366. The molecule has 2 rings (SSSR count). The summed E-state index contributed by atoms with van der Waals surface area (Å²) in [4.78, 5) is 0. The fourth-order valence-electron chi connectivity index (χ4n) is 1.79. The van der Waals surface area contributed by atoms with Crippen LogP contribution in [-0.4, -0.2) is 0 Å². The summed E-state index contributed by atoms with van der Waals surface area (Å²) < 4.78 is 5.80. The lowest BCUT2D eigenvalue weighted by Gasteiger charge is -2.11. The van der Waals surface area contributed by atoms with E-state index in [1.165, 1.54) is 0 Å². The van der Waals surface area contributed by atoms with Gasteiger partial charge in [0.1, 0.15) is 17.6 Å². The quantitative estimate of drug-likeness (QED) is 0.672. The maximum Gasteiger partial charge on any atom is 0.131 e. The molecule has 0 saturated heterocycles. The Kier molecular flexibility index (Phi) is 4.29. The Morgan fingerprint density at radius 1 is 1.30 bits per heavy atom. The van der Waals surface area contributed by atoms with Gasteiger partial charge in [-0.25, -0.2) is 0 Å². The normalized spacial score (nSPS) is 9.80. The third-order valence-electron chi connectivity index (χ3n) is 2.74. The van der Waals surface area contributed by atoms with E-state index >= 15 is 0 Å². The van der Waals surface area contributed by atoms with Crippen molar-refractivity contribution < 1.29 is 4.74 Å². The Bertz CT molecular complexity index is 689. The van der Waals surface area contributed by atoms with Gasteiger partial charge < -0.3 is 10.5 Å². The molecule has 2 N–H and O–H groups in total. The van der Waals surface area contributed by atoms with Crippen molar-refractivity contribution in [3.63, 3.8) is 0 Å². The summed E-state index contributed by atoms with van der Waals surface area (Å²) in [6.45, 7) is 3.72. The molecule has 0 aliphatic rings. The fourth-order valence-corrected chi connectivity index (χ4v) is 2.00. The first kappa shape index (κ1) is 14.0. The number of hydrogen-bond donors (Lipinski definition) is 1. The van der Waals surface area contributed by atoms with Crippen molar-refractivity contribution in [3.05, 3.63) is 65.2 Å². The van der Waals surface area contributed by atoms with Crippen LogP contribution in [0.15, 0.2) is 49.1 Å². The molecule has 0 fully saturated rings. The summed E-state index contributed by atoms with van der Waals surface area (Å²) in [5.74, 6) is 1.27. The molecule has 0 spiro atoms. The lowest BCUT2D eigenvalue weighted by Crippen LogP contribution is -1.94. The lowest BCUT2D eigenvalue weighted by atomic mass is 10.1. The highest BCUT2D eigenvalue weighted by atomic mass is 35.5. The molecule has 0 aliphatic carbocycles. The van der Waals surface area contributed by atoms with Crippen molar-refractivity contribution in [2.45, 2.75) is 6.42 Å². The van der Waals surface area contributed by atoms with Gasteiger partial charge in [0.2, 0.25) is 0 Å². The molecule has 0 amide bonds. The van der Waals surface area contributed by atoms with Crippen LogP contribution in [0, 0.1) is 11.3 Å². The average Bonchev–Trinajstić information content (AvgIpc) is 2.42. The Hall–Kier alpha value is -2.44. The highest BCUT2D eigenvalue weighted by Gasteiger charge is 2.07. The first-order chi connectivity index (χ1) is 9.63. The van der Waals surface area contributed by atoms with Crippen LogP contribution in [0.5, 0.6) is 11.5 Å². The van der Waals surface area contributed by atoms with E-state index in [0.29, 0.717) is 34.2 Å². The number of nitrogens with zero attached hydrogens (tertiary/aromatic N) is 1. The van der Waals surface area contributed by atoms with Gasteiger partial charge in [0.25, 0.3) is 0 Å². The van der Waals surface area contributed by atoms with E-state index < -0.39 is 0 Å². The van der Waals surface area contributed by atoms with Gasteiger partial charge in [-0.1, -0.05) is 17.7 Å². The lowest BCUT2D eigenvalue weighted by molar-refractivity contribution is 0.478. The molecule has 0 atom stereocenters. The molecule has 3 nitrogen and oxygen atoms in total. The number of hydrogen-bond acceptors (Lipinski definition) is 3. The zero-order valence-corrected chi connectivity index (χ0v) is 11.5. The summed E-state index contributed by atoms with van der Waals surface area (Å²) in [6.07, 6.45) is 2.44. The number of nitriles is 1. The summed E-state index contributed by atoms with van der Waals surface area (Å²) in [6, 6.07) is 12.4. The van der Waals surface area contributed by atoms with Crippen molar-refractivity contribution in [1.82, 2.24) is 0 Å². The number of rotatable bonds is 4. The SMILES string of the molecule is C=CCc1cc(N)ccc1Oc1ccc(C#N)c(Cl)c1. The number of nitrogens with two attached hydrogens (primary N) is 1. The molecule has 0 aromatic heterocycles. The van der Waals surface area contributed by atoms with Crippen LogP contribution in [0.2, 0.25) is 5.02 Å². The maximum atomic E-state index is 8.84. The molecule has 20 heavy (non-hydrogen) atoms. The summed E-state index contributed by atoms with van der Waals surface area (Å²) >= 11 is 5.98. The molecular weight excluding hydrogens is 272 g/mol. The minimum Gasteiger partial charge on any atom is -0.457 e. The molecule has 2 aromatic rings. The standard InChI is InChI=1S/C16H13ClN2O/c1-2-3-11-8-13(19)5-7-16(11)20-14-6-4-12(10-18)15(17)9-14/h2,4-9H,1,3,19H2. The van der Waals surface area contributed by atoms with Gasteiger partial charge in [0.05, 0.1) is 10.6 Å². The molecule has 2 aromatic carbocycles. The molecule has 0 radical (unpaired) electrons. The van der Waals surface area contributed by atoms with Gasteiger partial charge in [-0.15, -0.1) is 6.58 Å². The molecular formula is C16H13ClN2O. The van der Waals surface area contributed by atoms with Gasteiger partial charge in [-0.05, 0) is 36.8 Å². The van der Waals surface area contributed by atoms with Crippen LogP contribution < -0.4 is 10.5 Å². The Labute approximate surface area is 122 Å². The second-order valence-electron chi connectivity index (χ2n) is 4.22. The van der Waals surface area contributed by atoms with E-state index in [4.69, 9.17) is 27.3 Å². The van der Waals surface area contributed by atoms with E-state index in [1.807, 2.05) is 12.1 Å². The van der Waals surface area contributed by atoms with Crippen LogP contribution in [0.3, 0.4) is 0 Å². The number of anilines is 1. The molecule has 0 aliphatic heterocycles. The fraction of sp³-hybridized carbons (Fsp3) is 0.0625. The Morgan fingerprint density at radius 3 is 2.75 bits per heavy atom.